The number of ether oxygens (including phenoxy) is 1. The van der Waals surface area contributed by atoms with Crippen LogP contribution in [-0.4, -0.2) is 35.4 Å². The van der Waals surface area contributed by atoms with Gasteiger partial charge in [-0.2, -0.15) is 0 Å². The highest BCUT2D eigenvalue weighted by molar-refractivity contribution is 5.96. The summed E-state index contributed by atoms with van der Waals surface area (Å²) >= 11 is 0. The van der Waals surface area contributed by atoms with Crippen LogP contribution in [-0.2, 0) is 9.53 Å². The van der Waals surface area contributed by atoms with E-state index in [1.54, 1.807) is 6.07 Å². The number of benzene rings is 1. The van der Waals surface area contributed by atoms with Gasteiger partial charge in [-0.1, -0.05) is 19.4 Å². The topological polar surface area (TPSA) is 105 Å². The molecular formula is C17H24N2O4. The number of hydrogen-bond acceptors (Lipinski definition) is 5. The van der Waals surface area contributed by atoms with E-state index < -0.39 is 0 Å². The molecule has 0 bridgehead atoms. The third kappa shape index (κ3) is 3.59. The maximum absolute atomic E-state index is 12.6. The SMILES string of the molecule is CC/C(C)=C(\C(=O)NC1COC1)C(C)c1cc(N)c(O)c(O)c1. The number of nitrogen functional groups attached to an aromatic ring is 1. The van der Waals surface area contributed by atoms with Crippen molar-refractivity contribution in [3.05, 3.63) is 28.8 Å². The van der Waals surface area contributed by atoms with Gasteiger partial charge < -0.3 is 26.0 Å². The standard InChI is InChI=1S/C17H24N2O4/c1-4-9(2)15(17(22)19-12-7-23-8-12)10(3)11-5-13(18)16(21)14(20)6-11/h5-6,10,12,20-21H,4,7-8,18H2,1-3H3,(H,19,22)/b15-9-. The van der Waals surface area contributed by atoms with Crippen LogP contribution in [0.2, 0.25) is 0 Å². The van der Waals surface area contributed by atoms with Gasteiger partial charge in [-0.05, 0) is 31.0 Å². The Labute approximate surface area is 136 Å². The molecule has 1 fully saturated rings. The summed E-state index contributed by atoms with van der Waals surface area (Å²) in [5.41, 5.74) is 8.11. The van der Waals surface area contributed by atoms with Crippen molar-refractivity contribution in [1.82, 2.24) is 5.32 Å². The Hall–Kier alpha value is -2.21. The zero-order valence-corrected chi connectivity index (χ0v) is 13.7. The number of nitrogens with one attached hydrogen (secondary N) is 1. The van der Waals surface area contributed by atoms with E-state index in [-0.39, 0.29) is 35.1 Å². The van der Waals surface area contributed by atoms with E-state index in [2.05, 4.69) is 5.32 Å². The maximum atomic E-state index is 12.6. The lowest BCUT2D eigenvalue weighted by molar-refractivity contribution is -0.121. The summed E-state index contributed by atoms with van der Waals surface area (Å²) in [7, 11) is 0. The van der Waals surface area contributed by atoms with Crippen LogP contribution in [0.15, 0.2) is 23.3 Å². The van der Waals surface area contributed by atoms with Crippen LogP contribution >= 0.6 is 0 Å². The number of amides is 1. The first-order valence-corrected chi connectivity index (χ1v) is 7.74. The first kappa shape index (κ1) is 17.1. The number of carbonyl (C=O) groups is 1. The number of carbonyl (C=O) groups excluding carboxylic acids is 1. The van der Waals surface area contributed by atoms with E-state index >= 15 is 0 Å². The summed E-state index contributed by atoms with van der Waals surface area (Å²) in [5.74, 6) is -1.01. The van der Waals surface area contributed by atoms with Crippen LogP contribution in [0.1, 0.15) is 38.7 Å². The minimum Gasteiger partial charge on any atom is -0.504 e. The second kappa shape index (κ2) is 6.91. The number of rotatable bonds is 5. The zero-order valence-electron chi connectivity index (χ0n) is 13.7. The van der Waals surface area contributed by atoms with Crippen molar-refractivity contribution >= 4 is 11.6 Å². The number of phenols is 2. The molecule has 1 atom stereocenters. The zero-order chi connectivity index (χ0) is 17.1. The fraction of sp³-hybridized carbons (Fsp3) is 0.471. The van der Waals surface area contributed by atoms with Gasteiger partial charge in [0.15, 0.2) is 11.5 Å². The van der Waals surface area contributed by atoms with Crippen molar-refractivity contribution in [1.29, 1.82) is 0 Å². The Bertz CT molecular complexity index is 612. The quantitative estimate of drug-likeness (QED) is 0.377. The molecule has 6 nitrogen and oxygen atoms in total. The van der Waals surface area contributed by atoms with Gasteiger partial charge in [0.1, 0.15) is 0 Å². The Balaban J connectivity index is 2.33. The van der Waals surface area contributed by atoms with E-state index in [1.807, 2.05) is 20.8 Å². The van der Waals surface area contributed by atoms with Crippen molar-refractivity contribution in [3.8, 4) is 11.5 Å². The molecule has 1 saturated heterocycles. The third-order valence-electron chi connectivity index (χ3n) is 4.28. The largest absolute Gasteiger partial charge is 0.504 e. The number of phenolic OH excluding ortho intramolecular Hbond substituents is 2. The molecule has 1 aliphatic heterocycles. The average Bonchev–Trinajstić information content (AvgIpc) is 2.47. The molecule has 0 aromatic heterocycles. The van der Waals surface area contributed by atoms with E-state index in [4.69, 9.17) is 10.5 Å². The van der Waals surface area contributed by atoms with Gasteiger partial charge in [0.2, 0.25) is 5.91 Å². The van der Waals surface area contributed by atoms with Crippen molar-refractivity contribution < 1.29 is 19.7 Å². The Morgan fingerprint density at radius 3 is 2.57 bits per heavy atom. The van der Waals surface area contributed by atoms with Crippen molar-refractivity contribution in [2.24, 2.45) is 0 Å². The second-order valence-electron chi connectivity index (χ2n) is 5.95. The third-order valence-corrected chi connectivity index (χ3v) is 4.28. The number of hydrogen-bond donors (Lipinski definition) is 4. The van der Waals surface area contributed by atoms with Crippen LogP contribution in [0.5, 0.6) is 11.5 Å². The number of allylic oxidation sites excluding steroid dienone is 1. The smallest absolute Gasteiger partial charge is 0.248 e. The van der Waals surface area contributed by atoms with Gasteiger partial charge in [0.05, 0.1) is 24.9 Å². The summed E-state index contributed by atoms with van der Waals surface area (Å²) in [6, 6.07) is 3.08. The number of anilines is 1. The number of nitrogens with two attached hydrogens (primary N) is 1. The van der Waals surface area contributed by atoms with Crippen LogP contribution in [0.4, 0.5) is 5.69 Å². The molecule has 1 aromatic carbocycles. The molecule has 1 unspecified atom stereocenters. The fourth-order valence-electron chi connectivity index (χ4n) is 2.61. The maximum Gasteiger partial charge on any atom is 0.248 e. The lowest BCUT2D eigenvalue weighted by atomic mass is 9.87. The molecule has 0 saturated carbocycles. The highest BCUT2D eigenvalue weighted by atomic mass is 16.5. The van der Waals surface area contributed by atoms with Crippen LogP contribution in [0.25, 0.3) is 0 Å². The molecule has 1 aromatic rings. The molecule has 23 heavy (non-hydrogen) atoms. The molecule has 0 aliphatic carbocycles. The lowest BCUT2D eigenvalue weighted by Gasteiger charge is -2.29. The first-order chi connectivity index (χ1) is 10.8. The predicted octanol–water partition coefficient (Wildman–Crippen LogP) is 2.02. The van der Waals surface area contributed by atoms with Gasteiger partial charge >= 0.3 is 0 Å². The van der Waals surface area contributed by atoms with E-state index in [1.165, 1.54) is 6.07 Å². The van der Waals surface area contributed by atoms with E-state index in [0.29, 0.717) is 24.4 Å². The summed E-state index contributed by atoms with van der Waals surface area (Å²) in [5, 5.41) is 22.3. The van der Waals surface area contributed by atoms with E-state index in [9.17, 15) is 15.0 Å². The molecule has 0 radical (unpaired) electrons. The highest BCUT2D eigenvalue weighted by Gasteiger charge is 2.27. The molecule has 1 amide bonds. The minimum absolute atomic E-state index is 0.0487. The van der Waals surface area contributed by atoms with Crippen molar-refractivity contribution in [3.63, 3.8) is 0 Å². The minimum atomic E-state index is -0.338. The number of aromatic hydroxyl groups is 2. The molecule has 6 heteroatoms. The molecule has 0 spiro atoms. The highest BCUT2D eigenvalue weighted by Crippen LogP contribution is 2.37. The molecule has 2 rings (SSSR count). The van der Waals surface area contributed by atoms with Gasteiger partial charge in [-0.25, -0.2) is 0 Å². The van der Waals surface area contributed by atoms with Crippen molar-refractivity contribution in [2.45, 2.75) is 39.2 Å². The fourth-order valence-corrected chi connectivity index (χ4v) is 2.61. The summed E-state index contributed by atoms with van der Waals surface area (Å²) in [4.78, 5) is 12.6. The van der Waals surface area contributed by atoms with Gasteiger partial charge in [0.25, 0.3) is 0 Å². The normalized spacial score (nSPS) is 17.2. The summed E-state index contributed by atoms with van der Waals surface area (Å²) < 4.78 is 5.08. The van der Waals surface area contributed by atoms with Crippen LogP contribution in [0.3, 0.4) is 0 Å². The van der Waals surface area contributed by atoms with E-state index in [0.717, 1.165) is 12.0 Å². The van der Waals surface area contributed by atoms with Gasteiger partial charge in [-0.15, -0.1) is 0 Å². The Morgan fingerprint density at radius 2 is 2.09 bits per heavy atom. The molecule has 126 valence electrons. The monoisotopic (exact) mass is 320 g/mol. The molecule has 1 heterocycles. The molecular weight excluding hydrogens is 296 g/mol. The molecule has 1 aliphatic rings. The van der Waals surface area contributed by atoms with Crippen LogP contribution in [0, 0.1) is 0 Å². The lowest BCUT2D eigenvalue weighted by Crippen LogP contribution is -2.49. The predicted molar refractivity (Wildman–Crippen MR) is 88.3 cm³/mol. The van der Waals surface area contributed by atoms with Gasteiger partial charge in [-0.3, -0.25) is 4.79 Å². The molecule has 5 N–H and O–H groups in total. The van der Waals surface area contributed by atoms with Crippen LogP contribution < -0.4 is 11.1 Å². The first-order valence-electron chi connectivity index (χ1n) is 7.74. The Kier molecular flexibility index (Phi) is 5.15. The summed E-state index contributed by atoms with van der Waals surface area (Å²) in [6.45, 7) is 6.87. The summed E-state index contributed by atoms with van der Waals surface area (Å²) in [6.07, 6.45) is 0.744. The second-order valence-corrected chi connectivity index (χ2v) is 5.95. The van der Waals surface area contributed by atoms with Gasteiger partial charge in [0, 0.05) is 11.5 Å². The average molecular weight is 320 g/mol. The van der Waals surface area contributed by atoms with Crippen molar-refractivity contribution in [2.75, 3.05) is 18.9 Å². The Morgan fingerprint density at radius 1 is 1.43 bits per heavy atom.